The standard InChI is InChI=1S/C20H25N3O3/c1-14-3-4-16(15(2)11-14)5-6-19(24)22-9-7-18(8-10-22)23-13-17(12-21-23)20(25)26/h3-4,11-13,18H,5-10H2,1-2H3,(H,25,26). The fourth-order valence-electron chi connectivity index (χ4n) is 3.55. The number of carboxylic acids is 1. The summed E-state index contributed by atoms with van der Waals surface area (Å²) < 4.78 is 1.72. The van der Waals surface area contributed by atoms with Crippen molar-refractivity contribution in [2.45, 2.75) is 45.6 Å². The molecule has 0 spiro atoms. The van der Waals surface area contributed by atoms with Crippen molar-refractivity contribution in [3.05, 3.63) is 52.8 Å². The van der Waals surface area contributed by atoms with Crippen LogP contribution in [-0.2, 0) is 11.2 Å². The number of benzene rings is 1. The van der Waals surface area contributed by atoms with Crippen molar-refractivity contribution in [1.82, 2.24) is 14.7 Å². The maximum absolute atomic E-state index is 12.5. The number of carbonyl (C=O) groups excluding carboxylic acids is 1. The Morgan fingerprint density at radius 3 is 2.58 bits per heavy atom. The zero-order valence-electron chi connectivity index (χ0n) is 15.3. The Bertz CT molecular complexity index is 804. The van der Waals surface area contributed by atoms with E-state index in [0.29, 0.717) is 19.5 Å². The number of hydrogen-bond donors (Lipinski definition) is 1. The van der Waals surface area contributed by atoms with Crippen LogP contribution in [0.1, 0.15) is 52.4 Å². The SMILES string of the molecule is Cc1ccc(CCC(=O)N2CCC(n3cc(C(=O)O)cn3)CC2)c(C)c1. The quantitative estimate of drug-likeness (QED) is 0.895. The van der Waals surface area contributed by atoms with Gasteiger partial charge in [-0.2, -0.15) is 5.10 Å². The summed E-state index contributed by atoms with van der Waals surface area (Å²) in [6.07, 6.45) is 5.85. The molecule has 138 valence electrons. The highest BCUT2D eigenvalue weighted by atomic mass is 16.4. The van der Waals surface area contributed by atoms with Gasteiger partial charge < -0.3 is 10.0 Å². The number of aryl methyl sites for hydroxylation is 3. The lowest BCUT2D eigenvalue weighted by Gasteiger charge is -2.32. The van der Waals surface area contributed by atoms with E-state index >= 15 is 0 Å². The lowest BCUT2D eigenvalue weighted by atomic mass is 10.0. The Morgan fingerprint density at radius 1 is 1.23 bits per heavy atom. The van der Waals surface area contributed by atoms with Crippen molar-refractivity contribution < 1.29 is 14.7 Å². The first kappa shape index (κ1) is 18.2. The van der Waals surface area contributed by atoms with Crippen LogP contribution in [0, 0.1) is 13.8 Å². The number of likely N-dealkylation sites (tertiary alicyclic amines) is 1. The van der Waals surface area contributed by atoms with Crippen molar-refractivity contribution in [3.63, 3.8) is 0 Å². The Hall–Kier alpha value is -2.63. The molecular formula is C20H25N3O3. The summed E-state index contributed by atoms with van der Waals surface area (Å²) in [6, 6.07) is 6.52. The highest BCUT2D eigenvalue weighted by Gasteiger charge is 2.24. The largest absolute Gasteiger partial charge is 0.478 e. The highest BCUT2D eigenvalue weighted by Crippen LogP contribution is 2.23. The molecule has 1 aliphatic heterocycles. The van der Waals surface area contributed by atoms with E-state index in [4.69, 9.17) is 5.11 Å². The van der Waals surface area contributed by atoms with E-state index in [1.165, 1.54) is 22.9 Å². The van der Waals surface area contributed by atoms with E-state index in [9.17, 15) is 9.59 Å². The van der Waals surface area contributed by atoms with Gasteiger partial charge in [-0.3, -0.25) is 9.48 Å². The molecule has 0 atom stereocenters. The molecule has 2 heterocycles. The number of aromatic carboxylic acids is 1. The van der Waals surface area contributed by atoms with Crippen LogP contribution < -0.4 is 0 Å². The van der Waals surface area contributed by atoms with E-state index in [1.54, 1.807) is 10.9 Å². The predicted molar refractivity (Wildman–Crippen MR) is 98.3 cm³/mol. The fourth-order valence-corrected chi connectivity index (χ4v) is 3.55. The van der Waals surface area contributed by atoms with E-state index in [1.807, 2.05) is 4.90 Å². The fraction of sp³-hybridized carbons (Fsp3) is 0.450. The molecule has 1 aromatic carbocycles. The molecule has 1 aromatic heterocycles. The van der Waals surface area contributed by atoms with Gasteiger partial charge in [0.1, 0.15) is 0 Å². The second-order valence-corrected chi connectivity index (χ2v) is 7.06. The minimum absolute atomic E-state index is 0.159. The normalized spacial score (nSPS) is 15.2. The van der Waals surface area contributed by atoms with E-state index in [-0.39, 0.29) is 17.5 Å². The molecular weight excluding hydrogens is 330 g/mol. The van der Waals surface area contributed by atoms with Crippen LogP contribution in [-0.4, -0.2) is 44.8 Å². The minimum Gasteiger partial charge on any atom is -0.478 e. The third kappa shape index (κ3) is 4.12. The van der Waals surface area contributed by atoms with Gasteiger partial charge >= 0.3 is 5.97 Å². The van der Waals surface area contributed by atoms with Crippen molar-refractivity contribution in [1.29, 1.82) is 0 Å². The Labute approximate surface area is 153 Å². The smallest absolute Gasteiger partial charge is 0.338 e. The molecule has 6 nitrogen and oxygen atoms in total. The first-order chi connectivity index (χ1) is 12.4. The number of nitrogens with zero attached hydrogens (tertiary/aromatic N) is 3. The molecule has 1 amide bonds. The summed E-state index contributed by atoms with van der Waals surface area (Å²) in [7, 11) is 0. The molecule has 0 bridgehead atoms. The summed E-state index contributed by atoms with van der Waals surface area (Å²) in [6.45, 7) is 5.55. The first-order valence-electron chi connectivity index (χ1n) is 9.05. The van der Waals surface area contributed by atoms with Gasteiger partial charge in [0.05, 0.1) is 17.8 Å². The molecule has 1 N–H and O–H groups in total. The third-order valence-corrected chi connectivity index (χ3v) is 5.15. The number of aromatic nitrogens is 2. The van der Waals surface area contributed by atoms with Crippen molar-refractivity contribution in [2.75, 3.05) is 13.1 Å². The second kappa shape index (κ2) is 7.72. The molecule has 1 fully saturated rings. The molecule has 0 unspecified atom stereocenters. The number of hydrogen-bond acceptors (Lipinski definition) is 3. The molecule has 1 saturated heterocycles. The topological polar surface area (TPSA) is 75.4 Å². The van der Waals surface area contributed by atoms with Crippen LogP contribution >= 0.6 is 0 Å². The second-order valence-electron chi connectivity index (χ2n) is 7.06. The molecule has 2 aromatic rings. The molecule has 0 radical (unpaired) electrons. The van der Waals surface area contributed by atoms with Gasteiger partial charge in [0.15, 0.2) is 0 Å². The Morgan fingerprint density at radius 2 is 1.96 bits per heavy atom. The summed E-state index contributed by atoms with van der Waals surface area (Å²) in [5, 5.41) is 13.1. The van der Waals surface area contributed by atoms with Gasteiger partial charge in [-0.25, -0.2) is 4.79 Å². The average Bonchev–Trinajstić information content (AvgIpc) is 3.11. The lowest BCUT2D eigenvalue weighted by Crippen LogP contribution is -2.39. The van der Waals surface area contributed by atoms with Gasteiger partial charge in [-0.15, -0.1) is 0 Å². The van der Waals surface area contributed by atoms with Crippen LogP contribution in [0.3, 0.4) is 0 Å². The van der Waals surface area contributed by atoms with Crippen molar-refractivity contribution in [2.24, 2.45) is 0 Å². The summed E-state index contributed by atoms with van der Waals surface area (Å²) in [5.41, 5.74) is 3.92. The van der Waals surface area contributed by atoms with Crippen LogP contribution in [0.25, 0.3) is 0 Å². The van der Waals surface area contributed by atoms with E-state index in [0.717, 1.165) is 19.3 Å². The number of amides is 1. The maximum atomic E-state index is 12.5. The molecule has 0 saturated carbocycles. The maximum Gasteiger partial charge on any atom is 0.338 e. The van der Waals surface area contributed by atoms with Crippen LogP contribution in [0.4, 0.5) is 0 Å². The van der Waals surface area contributed by atoms with Gasteiger partial charge in [0.25, 0.3) is 0 Å². The third-order valence-electron chi connectivity index (χ3n) is 5.15. The van der Waals surface area contributed by atoms with E-state index in [2.05, 4.69) is 37.1 Å². The monoisotopic (exact) mass is 355 g/mol. The number of piperidine rings is 1. The lowest BCUT2D eigenvalue weighted by molar-refractivity contribution is -0.132. The summed E-state index contributed by atoms with van der Waals surface area (Å²) in [4.78, 5) is 25.4. The minimum atomic E-state index is -0.963. The first-order valence-corrected chi connectivity index (χ1v) is 9.05. The van der Waals surface area contributed by atoms with Gasteiger partial charge in [-0.05, 0) is 44.2 Å². The van der Waals surface area contributed by atoms with Crippen LogP contribution in [0.15, 0.2) is 30.6 Å². The van der Waals surface area contributed by atoms with Crippen LogP contribution in [0.5, 0.6) is 0 Å². The van der Waals surface area contributed by atoms with Crippen LogP contribution in [0.2, 0.25) is 0 Å². The Balaban J connectivity index is 1.50. The highest BCUT2D eigenvalue weighted by molar-refractivity contribution is 5.86. The number of carboxylic acid groups (broad SMARTS) is 1. The molecule has 3 rings (SSSR count). The summed E-state index contributed by atoms with van der Waals surface area (Å²) >= 11 is 0. The van der Waals surface area contributed by atoms with Crippen molar-refractivity contribution >= 4 is 11.9 Å². The van der Waals surface area contributed by atoms with E-state index < -0.39 is 5.97 Å². The van der Waals surface area contributed by atoms with Gasteiger partial charge in [-0.1, -0.05) is 23.8 Å². The summed E-state index contributed by atoms with van der Waals surface area (Å²) in [5.74, 6) is -0.773. The molecule has 1 aliphatic rings. The zero-order valence-corrected chi connectivity index (χ0v) is 15.3. The average molecular weight is 355 g/mol. The zero-order chi connectivity index (χ0) is 18.7. The molecule has 26 heavy (non-hydrogen) atoms. The van der Waals surface area contributed by atoms with Crippen molar-refractivity contribution in [3.8, 4) is 0 Å². The Kier molecular flexibility index (Phi) is 5.40. The van der Waals surface area contributed by atoms with Gasteiger partial charge in [0.2, 0.25) is 5.91 Å². The number of rotatable bonds is 5. The predicted octanol–water partition coefficient (Wildman–Crippen LogP) is 2.99. The molecule has 6 heteroatoms. The van der Waals surface area contributed by atoms with Gasteiger partial charge in [0, 0.05) is 25.7 Å². The molecule has 0 aliphatic carbocycles. The number of carbonyl (C=O) groups is 2.